The van der Waals surface area contributed by atoms with Crippen molar-refractivity contribution in [2.75, 3.05) is 0 Å². The number of hydrogen-bond acceptors (Lipinski definition) is 3. The van der Waals surface area contributed by atoms with Crippen LogP contribution in [0.1, 0.15) is 16.1 Å². The van der Waals surface area contributed by atoms with Crippen molar-refractivity contribution in [1.29, 1.82) is 0 Å². The molecule has 1 amide bonds. The van der Waals surface area contributed by atoms with E-state index in [1.54, 1.807) is 24.4 Å². The minimum absolute atomic E-state index is 0.182. The third kappa shape index (κ3) is 3.23. The molecule has 126 valence electrons. The van der Waals surface area contributed by atoms with E-state index in [0.29, 0.717) is 0 Å². The summed E-state index contributed by atoms with van der Waals surface area (Å²) in [6, 6.07) is 20.5. The maximum absolute atomic E-state index is 11.5. The molecule has 5 heteroatoms. The van der Waals surface area contributed by atoms with Crippen LogP contribution < -0.4 is 11.1 Å². The van der Waals surface area contributed by atoms with Crippen molar-refractivity contribution in [1.82, 2.24) is 15.0 Å². The lowest BCUT2D eigenvalue weighted by Gasteiger charge is -1.88. The monoisotopic (exact) mass is 340 g/mol. The maximum atomic E-state index is 11.5. The molecule has 0 fully saturated rings. The summed E-state index contributed by atoms with van der Waals surface area (Å²) in [5.41, 5.74) is 9.43. The smallest absolute Gasteiger partial charge is 0.267 e. The number of pyridine rings is 1. The van der Waals surface area contributed by atoms with Crippen LogP contribution in [0, 0.1) is 0 Å². The first kappa shape index (κ1) is 15.8. The Morgan fingerprint density at radius 2 is 1.65 bits per heavy atom. The molecule has 0 atom stereocenters. The van der Waals surface area contributed by atoms with Crippen LogP contribution in [0.25, 0.3) is 28.0 Å². The summed E-state index contributed by atoms with van der Waals surface area (Å²) >= 11 is 0. The van der Waals surface area contributed by atoms with Gasteiger partial charge in [0.1, 0.15) is 5.69 Å². The number of nitrogens with zero attached hydrogens (tertiary/aromatic N) is 2. The predicted octanol–water partition coefficient (Wildman–Crippen LogP) is 2.88. The first-order valence-electron chi connectivity index (χ1n) is 8.19. The molecule has 1 aliphatic carbocycles. The molecular weight excluding hydrogens is 324 g/mol. The van der Waals surface area contributed by atoms with Crippen LogP contribution >= 0.6 is 0 Å². The van der Waals surface area contributed by atoms with Gasteiger partial charge in [0.25, 0.3) is 5.91 Å². The highest BCUT2D eigenvalue weighted by Gasteiger charge is 2.11. The highest BCUT2D eigenvalue weighted by Crippen LogP contribution is 2.23. The molecule has 3 N–H and O–H groups in total. The second-order valence-electron chi connectivity index (χ2n) is 5.83. The Balaban J connectivity index is 2.03. The third-order valence-corrected chi connectivity index (χ3v) is 4.00. The fraction of sp³-hybridized carbons (Fsp3) is 0. The number of carbonyl (C=O) groups is 1. The molecule has 0 saturated carbocycles. The van der Waals surface area contributed by atoms with E-state index in [4.69, 9.17) is 5.73 Å². The lowest BCUT2D eigenvalue weighted by atomic mass is 10.3. The molecule has 0 saturated heterocycles. The van der Waals surface area contributed by atoms with Gasteiger partial charge in [-0.15, -0.1) is 0 Å². The van der Waals surface area contributed by atoms with Gasteiger partial charge in [0, 0.05) is 22.5 Å². The highest BCUT2D eigenvalue weighted by molar-refractivity contribution is 6.05. The summed E-state index contributed by atoms with van der Waals surface area (Å²) in [6.45, 7) is 0. The molecule has 0 radical (unpaired) electrons. The number of nitrogens with two attached hydrogens (primary N) is 1. The summed E-state index contributed by atoms with van der Waals surface area (Å²) in [6.07, 6.45) is 3.65. The van der Waals surface area contributed by atoms with Crippen molar-refractivity contribution in [2.24, 2.45) is 5.73 Å². The van der Waals surface area contributed by atoms with Crippen LogP contribution in [0.15, 0.2) is 72.9 Å². The zero-order valence-electron chi connectivity index (χ0n) is 13.9. The Kier molecular flexibility index (Phi) is 4.03. The largest absolute Gasteiger partial charge is 0.364 e. The van der Waals surface area contributed by atoms with Crippen LogP contribution in [-0.2, 0) is 0 Å². The zero-order chi connectivity index (χ0) is 17.9. The van der Waals surface area contributed by atoms with Crippen molar-refractivity contribution >= 4 is 33.9 Å². The Morgan fingerprint density at radius 1 is 0.923 bits per heavy atom. The zero-order valence-corrected chi connectivity index (χ0v) is 13.9. The van der Waals surface area contributed by atoms with Crippen molar-refractivity contribution < 1.29 is 4.79 Å². The van der Waals surface area contributed by atoms with E-state index < -0.39 is 5.91 Å². The summed E-state index contributed by atoms with van der Waals surface area (Å²) in [5, 5.41) is 2.03. The predicted molar refractivity (Wildman–Crippen MR) is 103 cm³/mol. The fourth-order valence-corrected chi connectivity index (χ4v) is 2.67. The van der Waals surface area contributed by atoms with Crippen LogP contribution in [0.4, 0.5) is 0 Å². The van der Waals surface area contributed by atoms with Gasteiger partial charge < -0.3 is 10.7 Å². The topological polar surface area (TPSA) is 84.7 Å². The molecule has 3 aromatic rings. The van der Waals surface area contributed by atoms with E-state index in [2.05, 4.69) is 27.1 Å². The third-order valence-electron chi connectivity index (χ3n) is 4.00. The van der Waals surface area contributed by atoms with Crippen molar-refractivity contribution in [3.63, 3.8) is 0 Å². The first-order valence-corrected chi connectivity index (χ1v) is 8.19. The van der Waals surface area contributed by atoms with Gasteiger partial charge in [0.2, 0.25) is 0 Å². The molecule has 3 aromatic heterocycles. The van der Waals surface area contributed by atoms with Crippen molar-refractivity contribution in [3.8, 4) is 0 Å². The SMILES string of the molecule is NC(=O)c1cccccccccc2nc3cc4c([nH]c3c2ccn1)=C4. The van der Waals surface area contributed by atoms with Crippen LogP contribution in [0.3, 0.4) is 0 Å². The quantitative estimate of drug-likeness (QED) is 0.559. The minimum Gasteiger partial charge on any atom is -0.364 e. The number of H-pyrrole nitrogens is 1. The van der Waals surface area contributed by atoms with E-state index in [0.717, 1.165) is 27.3 Å². The fourth-order valence-electron chi connectivity index (χ4n) is 2.67. The molecule has 0 unspecified atom stereocenters. The van der Waals surface area contributed by atoms with E-state index in [9.17, 15) is 4.79 Å². The van der Waals surface area contributed by atoms with Crippen molar-refractivity contribution in [2.45, 2.75) is 0 Å². The van der Waals surface area contributed by atoms with E-state index in [1.165, 1.54) is 5.56 Å². The molecule has 0 spiro atoms. The van der Waals surface area contributed by atoms with Gasteiger partial charge in [-0.25, -0.2) is 4.98 Å². The average molecular weight is 340 g/mol. The summed E-state index contributed by atoms with van der Waals surface area (Å²) < 4.78 is 0. The van der Waals surface area contributed by atoms with E-state index >= 15 is 0 Å². The standard InChI is InChI=1S/C21H16N4O/c22-21(26)17-9-7-5-3-1-2-4-6-8-16-15(10-11-23-17)20-19(24-16)13-14-12-18(14)25-20/h1-13,25H,(H2,22,26). The molecule has 26 heavy (non-hydrogen) atoms. The number of nitrogens with one attached hydrogen (secondary N) is 1. The highest BCUT2D eigenvalue weighted by atomic mass is 16.1. The number of primary amides is 1. The number of amides is 1. The van der Waals surface area contributed by atoms with Crippen LogP contribution in [0.2, 0.25) is 0 Å². The Labute approximate surface area is 149 Å². The number of rotatable bonds is 1. The van der Waals surface area contributed by atoms with Gasteiger partial charge in [-0.05, 0) is 30.3 Å². The molecule has 4 rings (SSSR count). The maximum Gasteiger partial charge on any atom is 0.267 e. The minimum atomic E-state index is -0.580. The molecule has 0 bridgehead atoms. The Hall–Kier alpha value is -3.73. The number of fused-ring (bicyclic) bond motifs is 4. The van der Waals surface area contributed by atoms with Crippen LogP contribution in [0.5, 0.6) is 0 Å². The van der Waals surface area contributed by atoms with Gasteiger partial charge in [-0.1, -0.05) is 42.5 Å². The molecule has 1 aliphatic rings. The van der Waals surface area contributed by atoms with Gasteiger partial charge in [0.05, 0.1) is 16.6 Å². The number of carbonyl (C=O) groups excluding carboxylic acids is 1. The van der Waals surface area contributed by atoms with Gasteiger partial charge >= 0.3 is 0 Å². The van der Waals surface area contributed by atoms with E-state index in [-0.39, 0.29) is 5.69 Å². The number of aromatic nitrogens is 3. The molecule has 0 aromatic carbocycles. The lowest BCUT2D eigenvalue weighted by Crippen LogP contribution is -2.11. The summed E-state index contributed by atoms with van der Waals surface area (Å²) in [7, 11) is 0. The van der Waals surface area contributed by atoms with Gasteiger partial charge in [0.15, 0.2) is 0 Å². The molecule has 5 nitrogen and oxygen atoms in total. The number of aromatic amines is 1. The Morgan fingerprint density at radius 3 is 2.42 bits per heavy atom. The molecule has 0 aliphatic heterocycles. The number of hydrogen-bond donors (Lipinski definition) is 2. The normalized spacial score (nSPS) is 10.9. The molecule has 3 heterocycles. The second-order valence-corrected chi connectivity index (χ2v) is 5.83. The van der Waals surface area contributed by atoms with Gasteiger partial charge in [-0.2, -0.15) is 0 Å². The second kappa shape index (κ2) is 6.64. The Bertz CT molecular complexity index is 1230. The average Bonchev–Trinajstić information content (AvgIpc) is 3.30. The lowest BCUT2D eigenvalue weighted by molar-refractivity contribution is 0.0995. The summed E-state index contributed by atoms with van der Waals surface area (Å²) in [5.74, 6) is -0.580. The van der Waals surface area contributed by atoms with E-state index in [1.807, 2.05) is 42.5 Å². The van der Waals surface area contributed by atoms with Crippen LogP contribution in [-0.4, -0.2) is 20.9 Å². The van der Waals surface area contributed by atoms with Gasteiger partial charge in [-0.3, -0.25) is 9.78 Å². The molecular formula is C21H16N4O. The summed E-state index contributed by atoms with van der Waals surface area (Å²) in [4.78, 5) is 23.8. The first-order chi connectivity index (χ1) is 12.7. The van der Waals surface area contributed by atoms with Crippen molar-refractivity contribution in [3.05, 3.63) is 89.5 Å².